The third-order valence-electron chi connectivity index (χ3n) is 4.33. The molecule has 0 aromatic carbocycles. The monoisotopic (exact) mass is 236 g/mol. The summed E-state index contributed by atoms with van der Waals surface area (Å²) in [5.41, 5.74) is 7.91. The van der Waals surface area contributed by atoms with Gasteiger partial charge in [-0.2, -0.15) is 0 Å². The van der Waals surface area contributed by atoms with Crippen LogP contribution >= 0.6 is 11.3 Å². The molecule has 3 heteroatoms. The molecule has 1 saturated carbocycles. The van der Waals surface area contributed by atoms with Crippen molar-refractivity contribution in [1.82, 2.24) is 4.90 Å². The zero-order valence-electron chi connectivity index (χ0n) is 9.91. The van der Waals surface area contributed by atoms with Crippen molar-refractivity contribution in [1.29, 1.82) is 0 Å². The zero-order valence-corrected chi connectivity index (χ0v) is 10.7. The second-order valence-electron chi connectivity index (χ2n) is 5.40. The Morgan fingerprint density at radius 1 is 1.56 bits per heavy atom. The van der Waals surface area contributed by atoms with Gasteiger partial charge in [-0.25, -0.2) is 0 Å². The van der Waals surface area contributed by atoms with Crippen LogP contribution in [0, 0.1) is 5.41 Å². The number of nitrogens with zero attached hydrogens (tertiary/aromatic N) is 1. The molecule has 16 heavy (non-hydrogen) atoms. The van der Waals surface area contributed by atoms with Crippen LogP contribution in [0.25, 0.3) is 0 Å². The fourth-order valence-corrected chi connectivity index (χ4v) is 3.77. The fourth-order valence-electron chi connectivity index (χ4n) is 2.81. The average Bonchev–Trinajstić information content (AvgIpc) is 2.90. The van der Waals surface area contributed by atoms with Crippen LogP contribution in [0.1, 0.15) is 36.2 Å². The maximum atomic E-state index is 5.88. The Morgan fingerprint density at radius 2 is 2.38 bits per heavy atom. The van der Waals surface area contributed by atoms with Gasteiger partial charge in [-0.05, 0) is 55.2 Å². The Hall–Kier alpha value is -0.380. The maximum absolute atomic E-state index is 5.88. The summed E-state index contributed by atoms with van der Waals surface area (Å²) in [5, 5.41) is 2.24. The molecule has 1 fully saturated rings. The Morgan fingerprint density at radius 3 is 3.06 bits per heavy atom. The molecule has 2 aliphatic rings. The summed E-state index contributed by atoms with van der Waals surface area (Å²) in [7, 11) is 0. The van der Waals surface area contributed by atoms with Gasteiger partial charge in [0.15, 0.2) is 0 Å². The third-order valence-corrected chi connectivity index (χ3v) is 5.33. The van der Waals surface area contributed by atoms with Gasteiger partial charge < -0.3 is 5.73 Å². The van der Waals surface area contributed by atoms with Crippen molar-refractivity contribution in [2.45, 2.75) is 32.2 Å². The van der Waals surface area contributed by atoms with Crippen molar-refractivity contribution >= 4 is 11.3 Å². The van der Waals surface area contributed by atoms with Gasteiger partial charge in [-0.1, -0.05) is 0 Å². The van der Waals surface area contributed by atoms with E-state index in [4.69, 9.17) is 5.73 Å². The van der Waals surface area contributed by atoms with E-state index in [0.717, 1.165) is 6.54 Å². The van der Waals surface area contributed by atoms with E-state index in [0.29, 0.717) is 11.5 Å². The summed E-state index contributed by atoms with van der Waals surface area (Å²) in [6.45, 7) is 5.64. The molecule has 0 amide bonds. The molecule has 0 bridgehead atoms. The van der Waals surface area contributed by atoms with E-state index < -0.39 is 0 Å². The average molecular weight is 236 g/mol. The molecule has 1 aliphatic heterocycles. The van der Waals surface area contributed by atoms with Gasteiger partial charge in [-0.3, -0.25) is 4.90 Å². The van der Waals surface area contributed by atoms with E-state index in [1.807, 2.05) is 11.3 Å². The lowest BCUT2D eigenvalue weighted by Crippen LogP contribution is -2.39. The van der Waals surface area contributed by atoms with E-state index in [1.54, 1.807) is 10.4 Å². The van der Waals surface area contributed by atoms with E-state index in [9.17, 15) is 0 Å². The first-order valence-electron chi connectivity index (χ1n) is 6.24. The summed E-state index contributed by atoms with van der Waals surface area (Å²) in [4.78, 5) is 4.23. The first-order chi connectivity index (χ1) is 7.74. The fraction of sp³-hybridized carbons (Fsp3) is 0.692. The van der Waals surface area contributed by atoms with Gasteiger partial charge in [0, 0.05) is 24.0 Å². The van der Waals surface area contributed by atoms with Crippen molar-refractivity contribution in [3.8, 4) is 0 Å². The Labute approximate surface area is 101 Å². The quantitative estimate of drug-likeness (QED) is 0.873. The molecule has 3 rings (SSSR count). The van der Waals surface area contributed by atoms with Gasteiger partial charge >= 0.3 is 0 Å². The molecule has 2 nitrogen and oxygen atoms in total. The van der Waals surface area contributed by atoms with E-state index in [2.05, 4.69) is 23.3 Å². The molecule has 2 heterocycles. The summed E-state index contributed by atoms with van der Waals surface area (Å²) in [6.07, 6.45) is 3.91. The van der Waals surface area contributed by atoms with Crippen molar-refractivity contribution in [2.75, 3.05) is 19.6 Å². The Bertz CT molecular complexity index is 381. The van der Waals surface area contributed by atoms with Crippen LogP contribution < -0.4 is 5.73 Å². The highest BCUT2D eigenvalue weighted by molar-refractivity contribution is 7.10. The SMILES string of the molecule is CC1c2ccsc2CCN1CC1(CN)CC1. The third kappa shape index (κ3) is 1.71. The highest BCUT2D eigenvalue weighted by Crippen LogP contribution is 2.47. The standard InChI is InChI=1S/C13H20N2S/c1-10-11-3-7-16-12(11)2-6-15(10)9-13(8-14)4-5-13/h3,7,10H,2,4-6,8-9,14H2,1H3. The summed E-state index contributed by atoms with van der Waals surface area (Å²) < 4.78 is 0. The minimum Gasteiger partial charge on any atom is -0.330 e. The predicted octanol–water partition coefficient (Wildman–Crippen LogP) is 2.41. The van der Waals surface area contributed by atoms with Crippen LogP contribution in [0.4, 0.5) is 0 Å². The van der Waals surface area contributed by atoms with Gasteiger partial charge in [0.2, 0.25) is 0 Å². The minimum atomic E-state index is 0.474. The van der Waals surface area contributed by atoms with E-state index in [-0.39, 0.29) is 0 Å². The largest absolute Gasteiger partial charge is 0.330 e. The topological polar surface area (TPSA) is 29.3 Å². The normalized spacial score (nSPS) is 27.8. The molecule has 0 saturated heterocycles. The summed E-state index contributed by atoms with van der Waals surface area (Å²) in [5.74, 6) is 0. The molecule has 0 spiro atoms. The number of hydrogen-bond acceptors (Lipinski definition) is 3. The van der Waals surface area contributed by atoms with Gasteiger partial charge in [0.1, 0.15) is 0 Å². The van der Waals surface area contributed by atoms with Crippen LogP contribution in [-0.4, -0.2) is 24.5 Å². The molecule has 2 N–H and O–H groups in total. The molecule has 1 atom stereocenters. The first-order valence-corrected chi connectivity index (χ1v) is 7.12. The number of thiophene rings is 1. The zero-order chi connectivity index (χ0) is 11.2. The van der Waals surface area contributed by atoms with Gasteiger partial charge in [0.05, 0.1) is 0 Å². The summed E-state index contributed by atoms with van der Waals surface area (Å²) >= 11 is 1.92. The summed E-state index contributed by atoms with van der Waals surface area (Å²) in [6, 6.07) is 2.90. The molecule has 0 radical (unpaired) electrons. The van der Waals surface area contributed by atoms with Crippen LogP contribution in [0.2, 0.25) is 0 Å². The maximum Gasteiger partial charge on any atom is 0.0331 e. The lowest BCUT2D eigenvalue weighted by Gasteiger charge is -2.36. The van der Waals surface area contributed by atoms with Crippen molar-refractivity contribution in [3.05, 3.63) is 21.9 Å². The minimum absolute atomic E-state index is 0.474. The highest BCUT2D eigenvalue weighted by Gasteiger charge is 2.43. The Balaban J connectivity index is 1.75. The first kappa shape index (κ1) is 10.8. The van der Waals surface area contributed by atoms with Crippen LogP contribution in [0.15, 0.2) is 11.4 Å². The predicted molar refractivity (Wildman–Crippen MR) is 68.7 cm³/mol. The smallest absolute Gasteiger partial charge is 0.0331 e. The number of rotatable bonds is 3. The number of fused-ring (bicyclic) bond motifs is 1. The number of hydrogen-bond donors (Lipinski definition) is 1. The second kappa shape index (κ2) is 3.83. The van der Waals surface area contributed by atoms with Crippen molar-refractivity contribution in [2.24, 2.45) is 11.1 Å². The van der Waals surface area contributed by atoms with Crippen molar-refractivity contribution in [3.63, 3.8) is 0 Å². The van der Waals surface area contributed by atoms with Gasteiger partial charge in [-0.15, -0.1) is 11.3 Å². The molecule has 1 aromatic heterocycles. The Kier molecular flexibility index (Phi) is 2.57. The lowest BCUT2D eigenvalue weighted by atomic mass is 9.98. The molecule has 1 aromatic rings. The van der Waals surface area contributed by atoms with Gasteiger partial charge in [0.25, 0.3) is 0 Å². The molecular weight excluding hydrogens is 216 g/mol. The van der Waals surface area contributed by atoms with E-state index >= 15 is 0 Å². The highest BCUT2D eigenvalue weighted by atomic mass is 32.1. The molecular formula is C13H20N2S. The van der Waals surface area contributed by atoms with Crippen LogP contribution in [0.3, 0.4) is 0 Å². The number of nitrogens with two attached hydrogens (primary N) is 1. The van der Waals surface area contributed by atoms with Crippen LogP contribution in [0.5, 0.6) is 0 Å². The molecule has 88 valence electrons. The molecule has 1 aliphatic carbocycles. The lowest BCUT2D eigenvalue weighted by molar-refractivity contribution is 0.162. The van der Waals surface area contributed by atoms with Crippen molar-refractivity contribution < 1.29 is 0 Å². The van der Waals surface area contributed by atoms with Crippen LogP contribution in [-0.2, 0) is 6.42 Å². The van der Waals surface area contributed by atoms with E-state index in [1.165, 1.54) is 32.4 Å². The second-order valence-corrected chi connectivity index (χ2v) is 6.40. The molecule has 1 unspecified atom stereocenters.